The van der Waals surface area contributed by atoms with Crippen molar-refractivity contribution < 1.29 is 53.1 Å². The third-order valence-electron chi connectivity index (χ3n) is 13.3. The van der Waals surface area contributed by atoms with Crippen molar-refractivity contribution in [3.63, 3.8) is 0 Å². The third-order valence-corrected chi connectivity index (χ3v) is 13.7. The Labute approximate surface area is 494 Å². The van der Waals surface area contributed by atoms with Crippen molar-refractivity contribution in [2.24, 2.45) is 58.4 Å². The SMILES string of the molecule is CC(C)C[C@H](NC(=O)[C@H](CC(C)C)NC(=O)[C@H](CCCCN)NC(=O)[C@H](CC(C)C)NC(=O)[C@H](CC(C)C)NC(=O)[C@H](CCCCN)NC(=O)[C@H](CC(C)C)NC(=O)[C@H](CC(C)C)NC(=O)[C@@H](N)CS)C(=O)N[C@@H](CCCCN)C(=O)O. The van der Waals surface area contributed by atoms with Gasteiger partial charge in [-0.15, -0.1) is 0 Å². The number of carbonyl (C=O) groups excluding carboxylic acids is 9. The molecule has 0 aliphatic carbocycles. The second kappa shape index (κ2) is 41.8. The summed E-state index contributed by atoms with van der Waals surface area (Å²) in [6.45, 7) is 23.2. The second-order valence-corrected chi connectivity index (χ2v) is 24.7. The number of carbonyl (C=O) groups is 10. The van der Waals surface area contributed by atoms with Crippen molar-refractivity contribution in [2.75, 3.05) is 25.4 Å². The van der Waals surface area contributed by atoms with E-state index in [0.717, 1.165) is 0 Å². The molecule has 0 saturated carbocycles. The first-order valence-electron chi connectivity index (χ1n) is 29.8. The number of hydrogen-bond donors (Lipinski definition) is 15. The molecule has 0 bridgehead atoms. The molecule has 18 N–H and O–H groups in total. The number of carboxylic acids is 1. The van der Waals surface area contributed by atoms with E-state index in [9.17, 15) is 53.1 Å². The van der Waals surface area contributed by atoms with Crippen LogP contribution >= 0.6 is 12.6 Å². The number of hydrogen-bond acceptors (Lipinski definition) is 15. The van der Waals surface area contributed by atoms with Gasteiger partial charge in [0.2, 0.25) is 53.2 Å². The minimum Gasteiger partial charge on any atom is -0.480 e. The monoisotopic (exact) mass is 1180 g/mol. The fourth-order valence-corrected chi connectivity index (χ4v) is 9.20. The first kappa shape index (κ1) is 76.9. The lowest BCUT2D eigenvalue weighted by Gasteiger charge is -2.30. The van der Waals surface area contributed by atoms with Gasteiger partial charge in [0, 0.05) is 5.75 Å². The Bertz CT molecular complexity index is 1980. The minimum atomic E-state index is -1.23. The molecule has 0 aromatic heterocycles. The van der Waals surface area contributed by atoms with Crippen LogP contribution in [0.25, 0.3) is 0 Å². The van der Waals surface area contributed by atoms with Crippen molar-refractivity contribution >= 4 is 71.8 Å². The predicted octanol–water partition coefficient (Wildman–Crippen LogP) is 1.35. The van der Waals surface area contributed by atoms with Crippen LogP contribution in [0.15, 0.2) is 0 Å². The summed E-state index contributed by atoms with van der Waals surface area (Å²) in [5, 5.41) is 34.7. The number of nitrogens with two attached hydrogens (primary N) is 4. The summed E-state index contributed by atoms with van der Waals surface area (Å²) in [7, 11) is 0. The molecule has 0 radical (unpaired) electrons. The second-order valence-electron chi connectivity index (χ2n) is 24.3. The highest BCUT2D eigenvalue weighted by molar-refractivity contribution is 7.80. The van der Waals surface area contributed by atoms with Crippen LogP contribution in [0.4, 0.5) is 0 Å². The van der Waals surface area contributed by atoms with Crippen LogP contribution in [-0.2, 0) is 47.9 Å². The molecular weight excluding hydrogens is 1070 g/mol. The van der Waals surface area contributed by atoms with E-state index >= 15 is 0 Å². The maximum atomic E-state index is 14.5. The maximum absolute atomic E-state index is 14.5. The molecule has 9 amide bonds. The predicted molar refractivity (Wildman–Crippen MR) is 322 cm³/mol. The first-order valence-corrected chi connectivity index (χ1v) is 30.5. The number of thiol groups is 1. The molecule has 0 rings (SSSR count). The largest absolute Gasteiger partial charge is 0.480 e. The van der Waals surface area contributed by atoms with Gasteiger partial charge in [0.15, 0.2) is 0 Å². The van der Waals surface area contributed by atoms with Gasteiger partial charge in [-0.05, 0) is 151 Å². The van der Waals surface area contributed by atoms with E-state index in [0.29, 0.717) is 58.2 Å². The third kappa shape index (κ3) is 32.7. The summed E-state index contributed by atoms with van der Waals surface area (Å²) >= 11 is 4.10. The Kier molecular flexibility index (Phi) is 39.2. The van der Waals surface area contributed by atoms with Gasteiger partial charge in [-0.3, -0.25) is 43.2 Å². The zero-order valence-corrected chi connectivity index (χ0v) is 52.4. The van der Waals surface area contributed by atoms with Crippen molar-refractivity contribution in [3.05, 3.63) is 0 Å². The molecule has 0 aliphatic heterocycles. The van der Waals surface area contributed by atoms with Gasteiger partial charge in [-0.25, -0.2) is 4.79 Å². The number of unbranched alkanes of at least 4 members (excludes halogenated alkanes) is 3. The summed E-state index contributed by atoms with van der Waals surface area (Å²) in [5.74, 6) is -7.82. The molecule has 24 nitrogen and oxygen atoms in total. The Hall–Kier alpha value is -5.11. The molecule has 0 heterocycles. The molecule has 25 heteroatoms. The van der Waals surface area contributed by atoms with E-state index < -0.39 is 120 Å². The van der Waals surface area contributed by atoms with Crippen LogP contribution in [0.5, 0.6) is 0 Å². The molecular formula is C57H109N13O11S. The topological polar surface area (TPSA) is 403 Å². The first-order chi connectivity index (χ1) is 38.4. The molecule has 0 aliphatic rings. The van der Waals surface area contributed by atoms with Crippen LogP contribution in [-0.4, -0.2) is 150 Å². The zero-order valence-electron chi connectivity index (χ0n) is 51.5. The van der Waals surface area contributed by atoms with Gasteiger partial charge in [-0.1, -0.05) is 83.1 Å². The highest BCUT2D eigenvalue weighted by Crippen LogP contribution is 2.16. The molecule has 474 valence electrons. The number of aliphatic carboxylic acids is 1. The molecule has 0 spiro atoms. The van der Waals surface area contributed by atoms with Gasteiger partial charge < -0.3 is 75.9 Å². The minimum absolute atomic E-state index is 0.0221. The number of rotatable bonds is 44. The Morgan fingerprint density at radius 1 is 0.317 bits per heavy atom. The lowest BCUT2D eigenvalue weighted by molar-refractivity contribution is -0.142. The Morgan fingerprint density at radius 3 is 0.695 bits per heavy atom. The summed E-state index contributed by atoms with van der Waals surface area (Å²) < 4.78 is 0. The highest BCUT2D eigenvalue weighted by Gasteiger charge is 2.36. The molecule has 82 heavy (non-hydrogen) atoms. The molecule has 10 atom stereocenters. The van der Waals surface area contributed by atoms with E-state index in [4.69, 9.17) is 22.9 Å². The van der Waals surface area contributed by atoms with Gasteiger partial charge in [0.25, 0.3) is 0 Å². The number of nitrogens with one attached hydrogen (secondary N) is 9. The van der Waals surface area contributed by atoms with E-state index in [1.54, 1.807) is 0 Å². The highest BCUT2D eigenvalue weighted by atomic mass is 32.1. The lowest BCUT2D eigenvalue weighted by atomic mass is 9.98. The summed E-state index contributed by atoms with van der Waals surface area (Å²) in [4.78, 5) is 138. The fourth-order valence-electron chi connectivity index (χ4n) is 9.03. The van der Waals surface area contributed by atoms with Crippen LogP contribution in [0.2, 0.25) is 0 Å². The van der Waals surface area contributed by atoms with Gasteiger partial charge in [-0.2, -0.15) is 12.6 Å². The normalized spacial score (nSPS) is 15.3. The van der Waals surface area contributed by atoms with Gasteiger partial charge >= 0.3 is 5.97 Å². The Balaban J connectivity index is 6.89. The van der Waals surface area contributed by atoms with Crippen molar-refractivity contribution in [3.8, 4) is 0 Å². The summed E-state index contributed by atoms with van der Waals surface area (Å²) in [5.41, 5.74) is 23.1. The van der Waals surface area contributed by atoms with E-state index in [2.05, 4.69) is 60.5 Å². The standard InChI is InChI=1S/C57H109N13O11S/c1-32(2)25-42(65-48(71)38(61)31-82)54(77)68-43(26-33(3)4)51(74)62-39(19-13-16-22-58)49(72)66-46(29-36(9)10)55(78)69-44(27-34(5)6)52(75)63-40(20-14-17-23-59)50(73)67-47(30-37(11)12)56(79)70-45(28-35(7)8)53(76)64-41(57(80)81)21-15-18-24-60/h32-47,82H,13-31,58-61H2,1-12H3,(H,62,74)(H,63,75)(H,64,76)(H,65,71)(H,66,72)(H,67,73)(H,68,77)(H,69,78)(H,70,79)(H,80,81)/t38-,39-,40-,41-,42-,43-,44-,45-,46-,47-/m0/s1. The van der Waals surface area contributed by atoms with Crippen molar-refractivity contribution in [1.29, 1.82) is 0 Å². The van der Waals surface area contributed by atoms with Gasteiger partial charge in [0.1, 0.15) is 54.4 Å². The molecule has 0 unspecified atom stereocenters. The molecule has 0 aromatic rings. The molecule has 0 saturated heterocycles. The fraction of sp³-hybridized carbons (Fsp3) is 0.825. The number of amides is 9. The quantitative estimate of drug-likeness (QED) is 0.0303. The molecule has 0 aromatic carbocycles. The average molecular weight is 1180 g/mol. The molecule has 0 fully saturated rings. The van der Waals surface area contributed by atoms with Crippen LogP contribution in [0, 0.1) is 35.5 Å². The maximum Gasteiger partial charge on any atom is 0.326 e. The average Bonchev–Trinajstić information content (AvgIpc) is 3.38. The smallest absolute Gasteiger partial charge is 0.326 e. The summed E-state index contributed by atoms with van der Waals surface area (Å²) in [6, 6.07) is -11.4. The van der Waals surface area contributed by atoms with Gasteiger partial charge in [0.05, 0.1) is 6.04 Å². The van der Waals surface area contributed by atoms with Crippen LogP contribution in [0.1, 0.15) is 179 Å². The van der Waals surface area contributed by atoms with Crippen molar-refractivity contribution in [2.45, 2.75) is 240 Å². The zero-order chi connectivity index (χ0) is 62.8. The van der Waals surface area contributed by atoms with Crippen LogP contribution < -0.4 is 70.8 Å². The van der Waals surface area contributed by atoms with Crippen LogP contribution in [0.3, 0.4) is 0 Å². The lowest BCUT2D eigenvalue weighted by Crippen LogP contribution is -2.61. The summed E-state index contributed by atoms with van der Waals surface area (Å²) in [6.07, 6.45) is 4.23. The number of carboxylic acid groups (broad SMARTS) is 1. The van der Waals surface area contributed by atoms with Crippen molar-refractivity contribution in [1.82, 2.24) is 47.9 Å². The van der Waals surface area contributed by atoms with E-state index in [1.807, 2.05) is 83.1 Å². The Morgan fingerprint density at radius 2 is 0.500 bits per heavy atom. The van der Waals surface area contributed by atoms with E-state index in [-0.39, 0.29) is 99.0 Å². The van der Waals surface area contributed by atoms with E-state index in [1.165, 1.54) is 0 Å².